The fraction of sp³-hybridized carbons (Fsp3) is 0.0444. The van der Waals surface area contributed by atoms with Crippen LogP contribution in [0.4, 0.5) is 17.1 Å². The molecule has 1 aromatic heterocycles. The smallest absolute Gasteiger partial charge is 0.227 e. The summed E-state index contributed by atoms with van der Waals surface area (Å²) in [6, 6.07) is 53.7. The van der Waals surface area contributed by atoms with Gasteiger partial charge in [-0.25, -0.2) is 4.98 Å². The van der Waals surface area contributed by atoms with Gasteiger partial charge in [-0.05, 0) is 93.7 Å². The average Bonchev–Trinajstić information content (AvgIpc) is 3.62. The number of benzene rings is 7. The fourth-order valence-electron chi connectivity index (χ4n) is 6.89. The van der Waals surface area contributed by atoms with Crippen LogP contribution in [0.1, 0.15) is 18.4 Å². The molecule has 0 amide bonds. The summed E-state index contributed by atoms with van der Waals surface area (Å²) in [5, 5.41) is 4.50. The molecule has 1 aliphatic carbocycles. The van der Waals surface area contributed by atoms with Gasteiger partial charge in [0, 0.05) is 22.3 Å². The van der Waals surface area contributed by atoms with Crippen LogP contribution in [-0.4, -0.2) is 4.98 Å². The van der Waals surface area contributed by atoms with Gasteiger partial charge in [-0.3, -0.25) is 0 Å². The molecule has 7 aromatic carbocycles. The van der Waals surface area contributed by atoms with Gasteiger partial charge in [0.1, 0.15) is 5.52 Å². The second-order valence-corrected chi connectivity index (χ2v) is 12.3. The molecule has 228 valence electrons. The van der Waals surface area contributed by atoms with E-state index in [0.29, 0.717) is 5.89 Å². The molecule has 0 unspecified atom stereocenters. The maximum absolute atomic E-state index is 6.72. The molecule has 3 nitrogen and oxygen atoms in total. The summed E-state index contributed by atoms with van der Waals surface area (Å²) in [6.07, 6.45) is 8.73. The molecule has 0 bridgehead atoms. The Balaban J connectivity index is 1.27. The number of hydrogen-bond donors (Lipinski definition) is 0. The Bertz CT molecular complexity index is 2500. The van der Waals surface area contributed by atoms with E-state index in [4.69, 9.17) is 9.40 Å². The summed E-state index contributed by atoms with van der Waals surface area (Å²) in [7, 11) is 0. The Morgan fingerprint density at radius 3 is 2.10 bits per heavy atom. The number of allylic oxidation sites excluding steroid dienone is 4. The first-order chi connectivity index (χ1) is 23.8. The first-order valence-electron chi connectivity index (χ1n) is 16.5. The fourth-order valence-corrected chi connectivity index (χ4v) is 6.89. The van der Waals surface area contributed by atoms with Crippen molar-refractivity contribution < 1.29 is 4.42 Å². The van der Waals surface area contributed by atoms with Crippen LogP contribution in [0, 0.1) is 0 Å². The highest BCUT2D eigenvalue weighted by atomic mass is 16.3. The Kier molecular flexibility index (Phi) is 6.94. The molecule has 0 saturated heterocycles. The predicted octanol–water partition coefficient (Wildman–Crippen LogP) is 12.7. The predicted molar refractivity (Wildman–Crippen MR) is 201 cm³/mol. The lowest BCUT2D eigenvalue weighted by Crippen LogP contribution is -2.11. The highest BCUT2D eigenvalue weighted by Gasteiger charge is 2.23. The van der Waals surface area contributed by atoms with Gasteiger partial charge in [0.2, 0.25) is 5.89 Å². The standard InChI is InChI=1S/C45H32N2O/c1-3-12-31(13-4-1)34-24-26-39(27-25-34)47(40-20-11-19-36(29-40)32-14-5-2-6-15-32)42-30-37-18-9-10-21-41(37)44-43(42)46-45(48-44)38-23-22-33-16-7-8-17-35(33)28-38/h1-5,7-14,16-30H,6,15H2. The third kappa shape index (κ3) is 5.06. The molecule has 1 heterocycles. The summed E-state index contributed by atoms with van der Waals surface area (Å²) in [6.45, 7) is 0. The molecule has 48 heavy (non-hydrogen) atoms. The number of aromatic nitrogens is 1. The van der Waals surface area contributed by atoms with Crippen molar-refractivity contribution in [3.63, 3.8) is 0 Å². The summed E-state index contributed by atoms with van der Waals surface area (Å²) < 4.78 is 6.72. The number of oxazole rings is 1. The zero-order valence-electron chi connectivity index (χ0n) is 26.4. The average molecular weight is 617 g/mol. The molecule has 0 atom stereocenters. The Morgan fingerprint density at radius 2 is 1.27 bits per heavy atom. The molecular formula is C45H32N2O. The number of fused-ring (bicyclic) bond motifs is 4. The summed E-state index contributed by atoms with van der Waals surface area (Å²) in [5.41, 5.74) is 10.6. The van der Waals surface area contributed by atoms with Crippen molar-refractivity contribution in [1.29, 1.82) is 0 Å². The van der Waals surface area contributed by atoms with Gasteiger partial charge in [0.15, 0.2) is 5.58 Å². The monoisotopic (exact) mass is 616 g/mol. The summed E-state index contributed by atoms with van der Waals surface area (Å²) >= 11 is 0. The third-order valence-electron chi connectivity index (χ3n) is 9.33. The molecule has 0 N–H and O–H groups in total. The van der Waals surface area contributed by atoms with Crippen LogP contribution in [0.3, 0.4) is 0 Å². The Hall–Kier alpha value is -6.19. The van der Waals surface area contributed by atoms with Crippen LogP contribution < -0.4 is 4.90 Å². The Morgan fingerprint density at radius 1 is 0.542 bits per heavy atom. The van der Waals surface area contributed by atoms with E-state index in [1.54, 1.807) is 0 Å². The first-order valence-corrected chi connectivity index (χ1v) is 16.5. The van der Waals surface area contributed by atoms with E-state index < -0.39 is 0 Å². The van der Waals surface area contributed by atoms with E-state index in [2.05, 4.69) is 175 Å². The van der Waals surface area contributed by atoms with Crippen molar-refractivity contribution in [2.45, 2.75) is 12.8 Å². The molecular weight excluding hydrogens is 585 g/mol. The van der Waals surface area contributed by atoms with Crippen molar-refractivity contribution in [2.75, 3.05) is 4.90 Å². The molecule has 0 aliphatic heterocycles. The van der Waals surface area contributed by atoms with Crippen LogP contribution >= 0.6 is 0 Å². The van der Waals surface area contributed by atoms with Crippen molar-refractivity contribution >= 4 is 55.3 Å². The van der Waals surface area contributed by atoms with Crippen molar-refractivity contribution in [2.24, 2.45) is 0 Å². The lowest BCUT2D eigenvalue weighted by atomic mass is 9.96. The number of anilines is 3. The largest absolute Gasteiger partial charge is 0.435 e. The second-order valence-electron chi connectivity index (χ2n) is 12.3. The van der Waals surface area contributed by atoms with Crippen LogP contribution in [0.15, 0.2) is 174 Å². The molecule has 3 heteroatoms. The third-order valence-corrected chi connectivity index (χ3v) is 9.33. The van der Waals surface area contributed by atoms with Crippen molar-refractivity contribution in [1.82, 2.24) is 4.98 Å². The lowest BCUT2D eigenvalue weighted by Gasteiger charge is -2.27. The first kappa shape index (κ1) is 28.1. The lowest BCUT2D eigenvalue weighted by molar-refractivity contribution is 0.623. The molecule has 8 aromatic rings. The Labute approximate surface area is 279 Å². The number of nitrogens with zero attached hydrogens (tertiary/aromatic N) is 2. The van der Waals surface area contributed by atoms with Gasteiger partial charge in [0.05, 0.1) is 5.69 Å². The van der Waals surface area contributed by atoms with Gasteiger partial charge in [0.25, 0.3) is 0 Å². The maximum atomic E-state index is 6.72. The molecule has 1 aliphatic rings. The van der Waals surface area contributed by atoms with Crippen LogP contribution in [0.5, 0.6) is 0 Å². The van der Waals surface area contributed by atoms with E-state index in [1.807, 2.05) is 0 Å². The highest BCUT2D eigenvalue weighted by molar-refractivity contribution is 6.11. The zero-order chi connectivity index (χ0) is 31.9. The number of rotatable bonds is 6. The van der Waals surface area contributed by atoms with Crippen LogP contribution in [0.25, 0.3) is 60.8 Å². The van der Waals surface area contributed by atoms with E-state index in [9.17, 15) is 0 Å². The van der Waals surface area contributed by atoms with Crippen molar-refractivity contribution in [3.05, 3.63) is 175 Å². The highest BCUT2D eigenvalue weighted by Crippen LogP contribution is 2.44. The number of hydrogen-bond acceptors (Lipinski definition) is 3. The second kappa shape index (κ2) is 11.9. The molecule has 0 spiro atoms. The van der Waals surface area contributed by atoms with Crippen LogP contribution in [0.2, 0.25) is 0 Å². The minimum atomic E-state index is 0.612. The van der Waals surface area contributed by atoms with E-state index in [1.165, 1.54) is 27.6 Å². The zero-order valence-corrected chi connectivity index (χ0v) is 26.4. The van der Waals surface area contributed by atoms with Gasteiger partial charge >= 0.3 is 0 Å². The molecule has 9 rings (SSSR count). The maximum Gasteiger partial charge on any atom is 0.227 e. The van der Waals surface area contributed by atoms with Gasteiger partial charge in [-0.15, -0.1) is 0 Å². The van der Waals surface area contributed by atoms with Gasteiger partial charge in [-0.2, -0.15) is 0 Å². The van der Waals surface area contributed by atoms with Crippen LogP contribution in [-0.2, 0) is 0 Å². The van der Waals surface area contributed by atoms with Gasteiger partial charge < -0.3 is 9.32 Å². The molecule has 0 radical (unpaired) electrons. The normalized spacial score (nSPS) is 12.9. The topological polar surface area (TPSA) is 29.3 Å². The summed E-state index contributed by atoms with van der Waals surface area (Å²) in [4.78, 5) is 7.59. The minimum Gasteiger partial charge on any atom is -0.435 e. The quantitative estimate of drug-likeness (QED) is 0.186. The molecule has 0 fully saturated rings. The summed E-state index contributed by atoms with van der Waals surface area (Å²) in [5.74, 6) is 0.612. The van der Waals surface area contributed by atoms with E-state index in [0.717, 1.165) is 62.7 Å². The minimum absolute atomic E-state index is 0.612. The van der Waals surface area contributed by atoms with Gasteiger partial charge in [-0.1, -0.05) is 127 Å². The van der Waals surface area contributed by atoms with E-state index in [-0.39, 0.29) is 0 Å². The SMILES string of the molecule is C1=CCCC(c2cccc(N(c3ccc(-c4ccccc4)cc3)c3cc4ccccc4c4oc(-c5ccc6ccccc6c5)nc34)c2)=C1. The van der Waals surface area contributed by atoms with E-state index >= 15 is 0 Å². The van der Waals surface area contributed by atoms with Crippen molar-refractivity contribution in [3.8, 4) is 22.6 Å². The molecule has 0 saturated carbocycles.